The van der Waals surface area contributed by atoms with Crippen molar-refractivity contribution in [1.29, 1.82) is 0 Å². The van der Waals surface area contributed by atoms with Crippen LogP contribution in [0.2, 0.25) is 0 Å². The molecule has 2 aromatic carbocycles. The maximum atomic E-state index is 11.8. The summed E-state index contributed by atoms with van der Waals surface area (Å²) in [4.78, 5) is 12.7. The van der Waals surface area contributed by atoms with E-state index in [4.69, 9.17) is 24.4 Å². The summed E-state index contributed by atoms with van der Waals surface area (Å²) in [7, 11) is 3.16. The molecule has 0 aliphatic rings. The summed E-state index contributed by atoms with van der Waals surface area (Å²) < 4.78 is 22.1. The number of thiophene rings is 1. The number of methoxy groups -OCH3 is 2. The van der Waals surface area contributed by atoms with Crippen LogP contribution < -0.4 is 19.9 Å². The van der Waals surface area contributed by atoms with Crippen LogP contribution in [0.3, 0.4) is 0 Å². The molecule has 148 valence electrons. The number of nitrogen functional groups attached to an aromatic ring is 1. The van der Waals surface area contributed by atoms with Crippen molar-refractivity contribution < 1.29 is 23.4 Å². The molecule has 0 radical (unpaired) electrons. The predicted molar refractivity (Wildman–Crippen MR) is 114 cm³/mol. The minimum atomic E-state index is -0.423. The number of ether oxygens (including phenoxy) is 3. The number of furan rings is 1. The average Bonchev–Trinajstić information content (AvgIpc) is 3.33. The Morgan fingerprint density at radius 3 is 2.41 bits per heavy atom. The summed E-state index contributed by atoms with van der Waals surface area (Å²) in [6.07, 6.45) is 0. The number of anilines is 1. The van der Waals surface area contributed by atoms with E-state index in [0.717, 1.165) is 21.6 Å². The zero-order valence-corrected chi connectivity index (χ0v) is 17.0. The number of fused-ring (bicyclic) bond motifs is 1. The van der Waals surface area contributed by atoms with Gasteiger partial charge in [0.15, 0.2) is 11.5 Å². The maximum absolute atomic E-state index is 11.8. The molecule has 29 heavy (non-hydrogen) atoms. The highest BCUT2D eigenvalue weighted by molar-refractivity contribution is 7.13. The fourth-order valence-electron chi connectivity index (χ4n) is 3.29. The van der Waals surface area contributed by atoms with Gasteiger partial charge in [0.1, 0.15) is 11.3 Å². The molecule has 2 N–H and O–H groups in total. The zero-order valence-electron chi connectivity index (χ0n) is 16.1. The van der Waals surface area contributed by atoms with E-state index in [2.05, 4.69) is 0 Å². The van der Waals surface area contributed by atoms with Crippen molar-refractivity contribution in [3.63, 3.8) is 0 Å². The van der Waals surface area contributed by atoms with E-state index in [-0.39, 0.29) is 5.88 Å². The molecule has 4 aromatic rings. The lowest BCUT2D eigenvalue weighted by Crippen LogP contribution is -2.02. The van der Waals surface area contributed by atoms with E-state index < -0.39 is 5.97 Å². The van der Waals surface area contributed by atoms with E-state index >= 15 is 0 Å². The van der Waals surface area contributed by atoms with Crippen LogP contribution in [0.15, 0.2) is 52.3 Å². The SMILES string of the molecule is COc1ccc(-c2cc(OC(C)=O)c3c(-c4cccs4)c(N)oc3c2)cc1OC. The van der Waals surface area contributed by atoms with Crippen LogP contribution in [0.5, 0.6) is 17.2 Å². The molecule has 0 aliphatic heterocycles. The third kappa shape index (κ3) is 3.40. The Morgan fingerprint density at radius 2 is 1.76 bits per heavy atom. The first-order valence-corrected chi connectivity index (χ1v) is 9.70. The molecule has 0 saturated heterocycles. The molecule has 4 rings (SSSR count). The highest BCUT2D eigenvalue weighted by Gasteiger charge is 2.21. The Labute approximate surface area is 171 Å². The zero-order chi connectivity index (χ0) is 20.5. The third-order valence-electron chi connectivity index (χ3n) is 4.52. The maximum Gasteiger partial charge on any atom is 0.308 e. The van der Waals surface area contributed by atoms with Gasteiger partial charge >= 0.3 is 5.97 Å². The smallest absolute Gasteiger partial charge is 0.308 e. The van der Waals surface area contributed by atoms with E-state index in [0.29, 0.717) is 28.2 Å². The molecule has 0 spiro atoms. The van der Waals surface area contributed by atoms with E-state index in [1.807, 2.05) is 41.8 Å². The summed E-state index contributed by atoms with van der Waals surface area (Å²) >= 11 is 1.54. The summed E-state index contributed by atoms with van der Waals surface area (Å²) in [6.45, 7) is 1.36. The van der Waals surface area contributed by atoms with Gasteiger partial charge in [0.05, 0.1) is 25.2 Å². The molecular formula is C22H19NO5S. The lowest BCUT2D eigenvalue weighted by Gasteiger charge is -2.11. The van der Waals surface area contributed by atoms with Gasteiger partial charge in [-0.15, -0.1) is 11.3 Å². The number of carbonyl (C=O) groups excluding carboxylic acids is 1. The fourth-order valence-corrected chi connectivity index (χ4v) is 4.07. The molecule has 2 heterocycles. The van der Waals surface area contributed by atoms with Crippen molar-refractivity contribution in [2.45, 2.75) is 6.92 Å². The van der Waals surface area contributed by atoms with Gasteiger partial charge in [-0.05, 0) is 46.8 Å². The van der Waals surface area contributed by atoms with Crippen molar-refractivity contribution in [2.75, 3.05) is 20.0 Å². The topological polar surface area (TPSA) is 83.9 Å². The van der Waals surface area contributed by atoms with Gasteiger partial charge in [-0.25, -0.2) is 0 Å². The second kappa shape index (κ2) is 7.52. The van der Waals surface area contributed by atoms with Gasteiger partial charge < -0.3 is 24.4 Å². The number of esters is 1. The molecule has 0 atom stereocenters. The second-order valence-corrected chi connectivity index (χ2v) is 7.28. The Kier molecular flexibility index (Phi) is 4.90. The Hall–Kier alpha value is -3.45. The number of nitrogens with two attached hydrogens (primary N) is 1. The minimum Gasteiger partial charge on any atom is -0.493 e. The summed E-state index contributed by atoms with van der Waals surface area (Å²) in [5.74, 6) is 1.47. The van der Waals surface area contributed by atoms with Crippen LogP contribution in [0.1, 0.15) is 6.92 Å². The molecule has 6 nitrogen and oxygen atoms in total. The van der Waals surface area contributed by atoms with Crippen molar-refractivity contribution in [3.05, 3.63) is 47.8 Å². The summed E-state index contributed by atoms with van der Waals surface area (Å²) in [5.41, 5.74) is 9.09. The van der Waals surface area contributed by atoms with Crippen molar-refractivity contribution in [3.8, 4) is 38.8 Å². The van der Waals surface area contributed by atoms with Gasteiger partial charge in [0, 0.05) is 11.8 Å². The van der Waals surface area contributed by atoms with Gasteiger partial charge in [-0.3, -0.25) is 4.79 Å². The van der Waals surface area contributed by atoms with Crippen molar-refractivity contribution in [1.82, 2.24) is 0 Å². The number of hydrogen-bond donors (Lipinski definition) is 1. The highest BCUT2D eigenvalue weighted by Crippen LogP contribution is 2.45. The molecule has 0 aliphatic carbocycles. The van der Waals surface area contributed by atoms with Crippen LogP contribution >= 0.6 is 11.3 Å². The molecule has 0 bridgehead atoms. The van der Waals surface area contributed by atoms with E-state index in [9.17, 15) is 4.79 Å². The van der Waals surface area contributed by atoms with Gasteiger partial charge in [-0.1, -0.05) is 12.1 Å². The lowest BCUT2D eigenvalue weighted by atomic mass is 10.0. The largest absolute Gasteiger partial charge is 0.493 e. The minimum absolute atomic E-state index is 0.278. The first-order chi connectivity index (χ1) is 14.0. The first kappa shape index (κ1) is 18.9. The van der Waals surface area contributed by atoms with Crippen molar-refractivity contribution >= 4 is 34.2 Å². The first-order valence-electron chi connectivity index (χ1n) is 8.82. The number of rotatable bonds is 5. The van der Waals surface area contributed by atoms with Crippen LogP contribution in [0, 0.1) is 0 Å². The van der Waals surface area contributed by atoms with Gasteiger partial charge in [0.25, 0.3) is 0 Å². The third-order valence-corrected chi connectivity index (χ3v) is 5.41. The monoisotopic (exact) mass is 409 g/mol. The molecular weight excluding hydrogens is 390 g/mol. The van der Waals surface area contributed by atoms with E-state index in [1.54, 1.807) is 20.3 Å². The fraction of sp³-hybridized carbons (Fsp3) is 0.136. The molecule has 2 aromatic heterocycles. The van der Waals surface area contributed by atoms with Crippen LogP contribution in [0.4, 0.5) is 5.88 Å². The predicted octanol–water partition coefficient (Wildman–Crippen LogP) is 5.35. The van der Waals surface area contributed by atoms with Crippen LogP contribution in [0.25, 0.3) is 32.5 Å². The molecule has 0 saturated carbocycles. The summed E-state index contributed by atoms with van der Waals surface area (Å²) in [5, 5.41) is 2.63. The molecule has 0 fully saturated rings. The average molecular weight is 409 g/mol. The Morgan fingerprint density at radius 1 is 1.00 bits per heavy atom. The molecule has 0 unspecified atom stereocenters. The number of hydrogen-bond acceptors (Lipinski definition) is 7. The summed E-state index contributed by atoms with van der Waals surface area (Å²) in [6, 6.07) is 13.1. The Balaban J connectivity index is 1.95. The highest BCUT2D eigenvalue weighted by atomic mass is 32.1. The van der Waals surface area contributed by atoms with Crippen molar-refractivity contribution in [2.24, 2.45) is 0 Å². The lowest BCUT2D eigenvalue weighted by molar-refractivity contribution is -0.131. The normalized spacial score (nSPS) is 10.9. The second-order valence-electron chi connectivity index (χ2n) is 6.33. The Bertz CT molecular complexity index is 1190. The quantitative estimate of drug-likeness (QED) is 0.353. The molecule has 0 amide bonds. The van der Waals surface area contributed by atoms with E-state index in [1.165, 1.54) is 18.3 Å². The van der Waals surface area contributed by atoms with Gasteiger partial charge in [-0.2, -0.15) is 0 Å². The number of carbonyl (C=O) groups is 1. The van der Waals surface area contributed by atoms with Crippen LogP contribution in [-0.4, -0.2) is 20.2 Å². The van der Waals surface area contributed by atoms with Gasteiger partial charge in [0.2, 0.25) is 5.88 Å². The standard InChI is InChI=1S/C22H19NO5S/c1-12(24)27-17-10-14(13-6-7-15(25-2)16(9-13)26-3)11-18-20(17)21(22(23)28-18)19-5-4-8-29-19/h4-11H,23H2,1-3H3. The number of benzene rings is 2. The molecule has 7 heteroatoms. The van der Waals surface area contributed by atoms with Crippen LogP contribution in [-0.2, 0) is 4.79 Å².